The molecule has 2 N–H and O–H groups in total. The molecule has 0 spiro atoms. The van der Waals surface area contributed by atoms with E-state index in [0.29, 0.717) is 12.6 Å². The number of carbonyl (C=O) groups excluding carboxylic acids is 1. The lowest BCUT2D eigenvalue weighted by Gasteiger charge is -2.22. The Morgan fingerprint density at radius 3 is 2.71 bits per heavy atom. The smallest absolute Gasteiger partial charge is 0.240 e. The van der Waals surface area contributed by atoms with E-state index in [-0.39, 0.29) is 23.8 Å². The van der Waals surface area contributed by atoms with Crippen LogP contribution in [0.1, 0.15) is 26.2 Å². The van der Waals surface area contributed by atoms with Crippen LogP contribution in [0.3, 0.4) is 0 Å². The molecular weight excluding hydrogens is 333 g/mol. The normalized spacial score (nSPS) is 18.7. The molecule has 0 aromatic heterocycles. The molecule has 1 unspecified atom stereocenters. The SMILES string of the molecule is CCN1CCCC1CNC(=O)CCNS(=O)(=O)c1ccc(F)cc1. The van der Waals surface area contributed by atoms with Gasteiger partial charge in [0.1, 0.15) is 5.82 Å². The summed E-state index contributed by atoms with van der Waals surface area (Å²) in [5.41, 5.74) is 0. The lowest BCUT2D eigenvalue weighted by atomic mass is 10.2. The minimum Gasteiger partial charge on any atom is -0.354 e. The first-order valence-electron chi connectivity index (χ1n) is 8.18. The number of halogens is 1. The van der Waals surface area contributed by atoms with Gasteiger partial charge in [-0.05, 0) is 50.2 Å². The van der Waals surface area contributed by atoms with Gasteiger partial charge in [0.2, 0.25) is 15.9 Å². The van der Waals surface area contributed by atoms with E-state index in [1.54, 1.807) is 0 Å². The second-order valence-electron chi connectivity index (χ2n) is 5.83. The highest BCUT2D eigenvalue weighted by Gasteiger charge is 2.23. The average molecular weight is 357 g/mol. The summed E-state index contributed by atoms with van der Waals surface area (Å²) in [6.45, 7) is 4.74. The van der Waals surface area contributed by atoms with Gasteiger partial charge in [0.15, 0.2) is 0 Å². The van der Waals surface area contributed by atoms with Crippen molar-refractivity contribution in [2.24, 2.45) is 0 Å². The molecule has 0 radical (unpaired) electrons. The Kier molecular flexibility index (Phi) is 6.70. The number of benzene rings is 1. The number of nitrogens with zero attached hydrogens (tertiary/aromatic N) is 1. The number of sulfonamides is 1. The van der Waals surface area contributed by atoms with Gasteiger partial charge in [0.25, 0.3) is 0 Å². The van der Waals surface area contributed by atoms with Crippen LogP contribution in [0.5, 0.6) is 0 Å². The monoisotopic (exact) mass is 357 g/mol. The molecule has 1 heterocycles. The van der Waals surface area contributed by atoms with Crippen molar-refractivity contribution in [1.29, 1.82) is 0 Å². The molecule has 0 saturated carbocycles. The number of likely N-dealkylation sites (tertiary alicyclic amines) is 1. The van der Waals surface area contributed by atoms with Crippen molar-refractivity contribution in [1.82, 2.24) is 14.9 Å². The standard InChI is InChI=1S/C16H24FN3O3S/c1-2-20-11-3-4-14(20)12-18-16(21)9-10-19-24(22,23)15-7-5-13(17)6-8-15/h5-8,14,19H,2-4,9-12H2,1H3,(H,18,21). The van der Waals surface area contributed by atoms with E-state index in [1.165, 1.54) is 12.1 Å². The molecule has 1 saturated heterocycles. The van der Waals surface area contributed by atoms with E-state index in [9.17, 15) is 17.6 Å². The lowest BCUT2D eigenvalue weighted by molar-refractivity contribution is -0.121. The number of likely N-dealkylation sites (N-methyl/N-ethyl adjacent to an activating group) is 1. The van der Waals surface area contributed by atoms with Gasteiger partial charge in [-0.15, -0.1) is 0 Å². The van der Waals surface area contributed by atoms with Crippen LogP contribution >= 0.6 is 0 Å². The highest BCUT2D eigenvalue weighted by atomic mass is 32.2. The minimum atomic E-state index is -3.72. The molecule has 1 aromatic rings. The highest BCUT2D eigenvalue weighted by molar-refractivity contribution is 7.89. The third-order valence-corrected chi connectivity index (χ3v) is 5.69. The van der Waals surface area contributed by atoms with Crippen LogP contribution < -0.4 is 10.0 Å². The Labute approximate surface area is 142 Å². The number of amides is 1. The van der Waals surface area contributed by atoms with Gasteiger partial charge in [-0.25, -0.2) is 17.5 Å². The number of carbonyl (C=O) groups is 1. The van der Waals surface area contributed by atoms with Crippen molar-refractivity contribution in [3.8, 4) is 0 Å². The summed E-state index contributed by atoms with van der Waals surface area (Å²) in [5.74, 6) is -0.680. The van der Waals surface area contributed by atoms with Crippen LogP contribution in [0.25, 0.3) is 0 Å². The Morgan fingerprint density at radius 1 is 1.33 bits per heavy atom. The average Bonchev–Trinajstić information content (AvgIpc) is 3.00. The van der Waals surface area contributed by atoms with Gasteiger partial charge in [-0.1, -0.05) is 6.92 Å². The minimum absolute atomic E-state index is 0.00764. The Balaban J connectivity index is 1.73. The maximum Gasteiger partial charge on any atom is 0.240 e. The fourth-order valence-electron chi connectivity index (χ4n) is 2.86. The molecule has 1 fully saturated rings. The third-order valence-electron chi connectivity index (χ3n) is 4.21. The molecule has 134 valence electrons. The van der Waals surface area contributed by atoms with Crippen molar-refractivity contribution < 1.29 is 17.6 Å². The number of hydrogen-bond acceptors (Lipinski definition) is 4. The molecule has 0 bridgehead atoms. The first-order valence-corrected chi connectivity index (χ1v) is 9.66. The molecule has 24 heavy (non-hydrogen) atoms. The molecule has 1 aliphatic heterocycles. The molecule has 0 aliphatic carbocycles. The van der Waals surface area contributed by atoms with E-state index in [0.717, 1.165) is 38.1 Å². The van der Waals surface area contributed by atoms with Crippen LogP contribution in [-0.2, 0) is 14.8 Å². The summed E-state index contributed by atoms with van der Waals surface area (Å²) in [7, 11) is -3.72. The van der Waals surface area contributed by atoms with Crippen LogP contribution in [0, 0.1) is 5.82 Å². The van der Waals surface area contributed by atoms with Crippen molar-refractivity contribution >= 4 is 15.9 Å². The van der Waals surface area contributed by atoms with Gasteiger partial charge in [-0.3, -0.25) is 9.69 Å². The fourth-order valence-corrected chi connectivity index (χ4v) is 3.89. The van der Waals surface area contributed by atoms with Gasteiger partial charge < -0.3 is 5.32 Å². The molecular formula is C16H24FN3O3S. The van der Waals surface area contributed by atoms with Crippen LogP contribution in [-0.4, -0.2) is 51.4 Å². The first-order chi connectivity index (χ1) is 11.4. The summed E-state index contributed by atoms with van der Waals surface area (Å²) >= 11 is 0. The fraction of sp³-hybridized carbons (Fsp3) is 0.562. The molecule has 1 amide bonds. The third kappa shape index (κ3) is 5.25. The van der Waals surface area contributed by atoms with E-state index in [1.807, 2.05) is 0 Å². The molecule has 6 nitrogen and oxygen atoms in total. The predicted octanol–water partition coefficient (Wildman–Crippen LogP) is 1.09. The molecule has 2 rings (SSSR count). The van der Waals surface area contributed by atoms with Gasteiger partial charge in [0, 0.05) is 25.6 Å². The zero-order valence-corrected chi connectivity index (χ0v) is 14.6. The van der Waals surface area contributed by atoms with Crippen LogP contribution in [0.4, 0.5) is 4.39 Å². The summed E-state index contributed by atoms with van der Waals surface area (Å²) < 4.78 is 39.2. The van der Waals surface area contributed by atoms with E-state index in [2.05, 4.69) is 21.9 Å². The van der Waals surface area contributed by atoms with Crippen molar-refractivity contribution in [3.63, 3.8) is 0 Å². The second kappa shape index (κ2) is 8.55. The molecule has 1 aromatic carbocycles. The van der Waals surface area contributed by atoms with E-state index in [4.69, 9.17) is 0 Å². The summed E-state index contributed by atoms with van der Waals surface area (Å²) in [4.78, 5) is 14.2. The van der Waals surface area contributed by atoms with Crippen LogP contribution in [0.2, 0.25) is 0 Å². The van der Waals surface area contributed by atoms with Gasteiger partial charge >= 0.3 is 0 Å². The number of hydrogen-bond donors (Lipinski definition) is 2. The Morgan fingerprint density at radius 2 is 2.04 bits per heavy atom. The number of nitrogens with one attached hydrogen (secondary N) is 2. The maximum absolute atomic E-state index is 12.8. The quantitative estimate of drug-likeness (QED) is 0.730. The Hall–Kier alpha value is -1.51. The largest absolute Gasteiger partial charge is 0.354 e. The second-order valence-corrected chi connectivity index (χ2v) is 7.60. The molecule has 8 heteroatoms. The van der Waals surface area contributed by atoms with Crippen LogP contribution in [0.15, 0.2) is 29.2 Å². The van der Waals surface area contributed by atoms with Crippen molar-refractivity contribution in [3.05, 3.63) is 30.1 Å². The predicted molar refractivity (Wildman–Crippen MR) is 89.5 cm³/mol. The van der Waals surface area contributed by atoms with Crippen molar-refractivity contribution in [2.75, 3.05) is 26.2 Å². The van der Waals surface area contributed by atoms with Gasteiger partial charge in [0.05, 0.1) is 4.90 Å². The topological polar surface area (TPSA) is 78.5 Å². The summed E-state index contributed by atoms with van der Waals surface area (Å²) in [6.07, 6.45) is 2.29. The van der Waals surface area contributed by atoms with Crippen molar-refractivity contribution in [2.45, 2.75) is 37.1 Å². The van der Waals surface area contributed by atoms with Gasteiger partial charge in [-0.2, -0.15) is 0 Å². The number of rotatable bonds is 8. The van der Waals surface area contributed by atoms with E-state index < -0.39 is 15.8 Å². The Bertz CT molecular complexity index is 649. The first kappa shape index (κ1) is 18.8. The zero-order valence-electron chi connectivity index (χ0n) is 13.8. The lowest BCUT2D eigenvalue weighted by Crippen LogP contribution is -2.40. The zero-order chi connectivity index (χ0) is 17.6. The highest BCUT2D eigenvalue weighted by Crippen LogP contribution is 2.15. The summed E-state index contributed by atoms with van der Waals surface area (Å²) in [6, 6.07) is 4.92. The molecule has 1 atom stereocenters. The molecule has 1 aliphatic rings. The van der Waals surface area contributed by atoms with E-state index >= 15 is 0 Å². The maximum atomic E-state index is 12.8. The summed E-state index contributed by atoms with van der Waals surface area (Å²) in [5, 5.41) is 2.86.